The zero-order valence-corrected chi connectivity index (χ0v) is 15.2. The van der Waals surface area contributed by atoms with Gasteiger partial charge in [0, 0.05) is 32.1 Å². The molecule has 0 amide bonds. The van der Waals surface area contributed by atoms with Crippen molar-refractivity contribution in [2.45, 2.75) is 31.4 Å². The van der Waals surface area contributed by atoms with Crippen LogP contribution in [0.5, 0.6) is 0 Å². The summed E-state index contributed by atoms with van der Waals surface area (Å²) in [6.45, 7) is 6.59. The Bertz CT molecular complexity index is 494. The zero-order valence-electron chi connectivity index (χ0n) is 15.2. The molecule has 2 fully saturated rings. The molecule has 2 aliphatic rings. The largest absolute Gasteiger partial charge is 0.380 e. The van der Waals surface area contributed by atoms with E-state index in [0.29, 0.717) is 5.92 Å². The third-order valence-corrected chi connectivity index (χ3v) is 5.44. The molecule has 0 unspecified atom stereocenters. The smallest absolute Gasteiger partial charge is 0.0859 e. The predicted octanol–water partition coefficient (Wildman–Crippen LogP) is 2.64. The summed E-state index contributed by atoms with van der Waals surface area (Å²) in [5.41, 5.74) is 1.41. The van der Waals surface area contributed by atoms with Crippen molar-refractivity contribution in [2.24, 2.45) is 5.92 Å². The SMILES string of the molecule is CN(C)CCOC[C@H]1CCC[C@]12CN(Cc1ccccc1)CCO2. The van der Waals surface area contributed by atoms with Crippen molar-refractivity contribution in [3.8, 4) is 0 Å². The van der Waals surface area contributed by atoms with E-state index in [4.69, 9.17) is 9.47 Å². The van der Waals surface area contributed by atoms with Crippen molar-refractivity contribution >= 4 is 0 Å². The van der Waals surface area contributed by atoms with Gasteiger partial charge < -0.3 is 14.4 Å². The van der Waals surface area contributed by atoms with E-state index in [1.807, 2.05) is 0 Å². The van der Waals surface area contributed by atoms with Crippen LogP contribution in [0, 0.1) is 5.92 Å². The number of benzene rings is 1. The maximum Gasteiger partial charge on any atom is 0.0859 e. The van der Waals surface area contributed by atoms with Crippen LogP contribution >= 0.6 is 0 Å². The van der Waals surface area contributed by atoms with Gasteiger partial charge in [-0.1, -0.05) is 36.8 Å². The van der Waals surface area contributed by atoms with Gasteiger partial charge in [-0.05, 0) is 32.5 Å². The Morgan fingerprint density at radius 1 is 1.29 bits per heavy atom. The van der Waals surface area contributed by atoms with Crippen LogP contribution < -0.4 is 0 Å². The van der Waals surface area contributed by atoms with Crippen molar-refractivity contribution in [3.05, 3.63) is 35.9 Å². The lowest BCUT2D eigenvalue weighted by Gasteiger charge is -2.44. The Balaban J connectivity index is 1.54. The minimum absolute atomic E-state index is 0.0190. The predicted molar refractivity (Wildman–Crippen MR) is 97.1 cm³/mol. The number of hydrogen-bond donors (Lipinski definition) is 0. The van der Waals surface area contributed by atoms with Gasteiger partial charge in [0.05, 0.1) is 25.4 Å². The van der Waals surface area contributed by atoms with E-state index in [1.165, 1.54) is 24.8 Å². The van der Waals surface area contributed by atoms with Gasteiger partial charge in [0.2, 0.25) is 0 Å². The highest BCUT2D eigenvalue weighted by atomic mass is 16.5. The summed E-state index contributed by atoms with van der Waals surface area (Å²) in [6.07, 6.45) is 3.68. The van der Waals surface area contributed by atoms with Crippen molar-refractivity contribution in [1.29, 1.82) is 0 Å². The van der Waals surface area contributed by atoms with E-state index in [2.05, 4.69) is 54.2 Å². The first-order valence-corrected chi connectivity index (χ1v) is 9.31. The number of likely N-dealkylation sites (N-methyl/N-ethyl adjacent to an activating group) is 1. The van der Waals surface area contributed by atoms with Crippen molar-refractivity contribution in [1.82, 2.24) is 9.80 Å². The highest BCUT2D eigenvalue weighted by molar-refractivity contribution is 5.15. The molecular weight excluding hydrogens is 300 g/mol. The lowest BCUT2D eigenvalue weighted by atomic mass is 9.89. The fourth-order valence-electron chi connectivity index (χ4n) is 4.08. The first kappa shape index (κ1) is 17.9. The van der Waals surface area contributed by atoms with Crippen molar-refractivity contribution in [2.75, 3.05) is 53.6 Å². The Kier molecular flexibility index (Phi) is 6.28. The molecule has 2 atom stereocenters. The van der Waals surface area contributed by atoms with Gasteiger partial charge in [-0.2, -0.15) is 0 Å². The molecule has 3 rings (SSSR count). The maximum atomic E-state index is 6.35. The van der Waals surface area contributed by atoms with E-state index in [0.717, 1.165) is 46.0 Å². The van der Waals surface area contributed by atoms with Crippen LogP contribution in [0.25, 0.3) is 0 Å². The molecule has 0 N–H and O–H groups in total. The van der Waals surface area contributed by atoms with Gasteiger partial charge in [-0.15, -0.1) is 0 Å². The molecule has 0 bridgehead atoms. The molecule has 4 heteroatoms. The molecule has 1 aliphatic heterocycles. The standard InChI is InChI=1S/C20H32N2O2/c1-21(2)11-13-23-16-19-9-6-10-20(19)17-22(12-14-24-20)15-18-7-4-3-5-8-18/h3-5,7-8,19H,6,9-17H2,1-2H3/t19-,20+/m1/s1. The van der Waals surface area contributed by atoms with Gasteiger partial charge in [0.15, 0.2) is 0 Å². The van der Waals surface area contributed by atoms with Gasteiger partial charge in [0.25, 0.3) is 0 Å². The van der Waals surface area contributed by atoms with Crippen LogP contribution in [-0.4, -0.2) is 69.0 Å². The Labute approximate surface area is 146 Å². The molecule has 1 aromatic rings. The Morgan fingerprint density at radius 2 is 2.12 bits per heavy atom. The Morgan fingerprint density at radius 3 is 2.92 bits per heavy atom. The molecule has 4 nitrogen and oxygen atoms in total. The normalized spacial score (nSPS) is 28.0. The summed E-state index contributed by atoms with van der Waals surface area (Å²) in [6, 6.07) is 10.8. The number of hydrogen-bond acceptors (Lipinski definition) is 4. The lowest BCUT2D eigenvalue weighted by molar-refractivity contribution is -0.143. The average Bonchev–Trinajstić information content (AvgIpc) is 2.94. The van der Waals surface area contributed by atoms with Gasteiger partial charge in [-0.3, -0.25) is 4.90 Å². The van der Waals surface area contributed by atoms with Crippen LogP contribution in [0.3, 0.4) is 0 Å². The lowest BCUT2D eigenvalue weighted by Crippen LogP contribution is -2.54. The topological polar surface area (TPSA) is 24.9 Å². The quantitative estimate of drug-likeness (QED) is 0.717. The molecule has 24 heavy (non-hydrogen) atoms. The molecule has 1 aromatic carbocycles. The van der Waals surface area contributed by atoms with Crippen molar-refractivity contribution in [3.63, 3.8) is 0 Å². The number of ether oxygens (including phenoxy) is 2. The summed E-state index contributed by atoms with van der Waals surface area (Å²) in [4.78, 5) is 4.74. The molecule has 0 radical (unpaired) electrons. The summed E-state index contributed by atoms with van der Waals surface area (Å²) < 4.78 is 12.3. The van der Waals surface area contributed by atoms with E-state index >= 15 is 0 Å². The van der Waals surface area contributed by atoms with E-state index in [9.17, 15) is 0 Å². The second-order valence-electron chi connectivity index (χ2n) is 7.58. The molecular formula is C20H32N2O2. The number of rotatable bonds is 7. The van der Waals surface area contributed by atoms with Crippen LogP contribution in [0.15, 0.2) is 30.3 Å². The van der Waals surface area contributed by atoms with Gasteiger partial charge >= 0.3 is 0 Å². The summed E-state index contributed by atoms with van der Waals surface area (Å²) in [5.74, 6) is 0.540. The summed E-state index contributed by atoms with van der Waals surface area (Å²) in [5, 5.41) is 0. The molecule has 134 valence electrons. The molecule has 1 saturated carbocycles. The molecule has 1 aliphatic carbocycles. The summed E-state index contributed by atoms with van der Waals surface area (Å²) >= 11 is 0. The maximum absolute atomic E-state index is 6.35. The molecule has 1 heterocycles. The molecule has 1 spiro atoms. The zero-order chi connectivity index (χ0) is 16.8. The number of nitrogens with zero attached hydrogens (tertiary/aromatic N) is 2. The van der Waals surface area contributed by atoms with Gasteiger partial charge in [0.1, 0.15) is 0 Å². The minimum atomic E-state index is 0.0190. The van der Waals surface area contributed by atoms with Crippen LogP contribution in [0.2, 0.25) is 0 Å². The van der Waals surface area contributed by atoms with Crippen LogP contribution in [0.1, 0.15) is 24.8 Å². The first-order chi connectivity index (χ1) is 11.7. The highest BCUT2D eigenvalue weighted by Gasteiger charge is 2.46. The molecule has 0 aromatic heterocycles. The minimum Gasteiger partial charge on any atom is -0.380 e. The second-order valence-corrected chi connectivity index (χ2v) is 7.58. The third kappa shape index (κ3) is 4.57. The average molecular weight is 332 g/mol. The summed E-state index contributed by atoms with van der Waals surface area (Å²) in [7, 11) is 4.18. The Hall–Kier alpha value is -0.940. The van der Waals surface area contributed by atoms with E-state index < -0.39 is 0 Å². The van der Waals surface area contributed by atoms with Crippen molar-refractivity contribution < 1.29 is 9.47 Å². The number of morpholine rings is 1. The van der Waals surface area contributed by atoms with E-state index in [-0.39, 0.29) is 5.60 Å². The fraction of sp³-hybridized carbons (Fsp3) is 0.700. The molecule has 1 saturated heterocycles. The third-order valence-electron chi connectivity index (χ3n) is 5.44. The van der Waals surface area contributed by atoms with E-state index in [1.54, 1.807) is 0 Å². The monoisotopic (exact) mass is 332 g/mol. The van der Waals surface area contributed by atoms with Crippen LogP contribution in [0.4, 0.5) is 0 Å². The fourth-order valence-corrected chi connectivity index (χ4v) is 4.08. The van der Waals surface area contributed by atoms with Gasteiger partial charge in [-0.25, -0.2) is 0 Å². The first-order valence-electron chi connectivity index (χ1n) is 9.31. The highest BCUT2D eigenvalue weighted by Crippen LogP contribution is 2.41. The van der Waals surface area contributed by atoms with Crippen LogP contribution in [-0.2, 0) is 16.0 Å². The second kappa shape index (κ2) is 8.43.